The van der Waals surface area contributed by atoms with Crippen LogP contribution in [0.5, 0.6) is 0 Å². The van der Waals surface area contributed by atoms with Crippen LogP contribution in [0.2, 0.25) is 0 Å². The first-order chi connectivity index (χ1) is 17.5. The van der Waals surface area contributed by atoms with Gasteiger partial charge in [0.2, 0.25) is 0 Å². The van der Waals surface area contributed by atoms with Crippen LogP contribution in [-0.2, 0) is 9.47 Å². The zero-order chi connectivity index (χ0) is 26.9. The van der Waals surface area contributed by atoms with Crippen LogP contribution in [0, 0.1) is 24.4 Å². The number of aliphatic hydroxyl groups excluding tert-OH is 2. The van der Waals surface area contributed by atoms with E-state index >= 15 is 0 Å². The maximum atomic E-state index is 14.7. The topological polar surface area (TPSA) is 124 Å². The zero-order valence-electron chi connectivity index (χ0n) is 20.4. The Balaban J connectivity index is 1.43. The lowest BCUT2D eigenvalue weighted by Gasteiger charge is -2.48. The number of amides is 1. The number of hydrogen-bond donors (Lipinski definition) is 5. The second-order valence-corrected chi connectivity index (χ2v) is 9.53. The van der Waals surface area contributed by atoms with Gasteiger partial charge in [-0.05, 0) is 36.8 Å². The zero-order valence-corrected chi connectivity index (χ0v) is 20.4. The molecule has 0 spiro atoms. The van der Waals surface area contributed by atoms with Crippen molar-refractivity contribution in [3.05, 3.63) is 58.9 Å². The smallest absolute Gasteiger partial charge is 0.256 e. The van der Waals surface area contributed by atoms with Crippen LogP contribution in [0.25, 0.3) is 0 Å². The molecule has 37 heavy (non-hydrogen) atoms. The van der Waals surface area contributed by atoms with Crippen LogP contribution in [0.15, 0.2) is 30.3 Å². The number of rotatable bonds is 8. The van der Waals surface area contributed by atoms with Gasteiger partial charge >= 0.3 is 0 Å². The van der Waals surface area contributed by atoms with Gasteiger partial charge in [-0.2, -0.15) is 0 Å². The lowest BCUT2D eigenvalue weighted by Crippen LogP contribution is -2.69. The molecule has 2 aliphatic heterocycles. The predicted molar refractivity (Wildman–Crippen MR) is 127 cm³/mol. The van der Waals surface area contributed by atoms with Crippen molar-refractivity contribution in [3.8, 4) is 0 Å². The number of carbonyl (C=O) groups is 1. The molecule has 2 aliphatic rings. The summed E-state index contributed by atoms with van der Waals surface area (Å²) in [6, 6.07) is 5.38. The highest BCUT2D eigenvalue weighted by Gasteiger charge is 2.46. The van der Waals surface area contributed by atoms with Gasteiger partial charge in [0.25, 0.3) is 5.91 Å². The monoisotopic (exact) mass is 525 g/mol. The van der Waals surface area contributed by atoms with Crippen molar-refractivity contribution >= 4 is 17.3 Å². The molecule has 202 valence electrons. The summed E-state index contributed by atoms with van der Waals surface area (Å²) in [4.78, 5) is 14.4. The van der Waals surface area contributed by atoms with Crippen LogP contribution in [0.3, 0.4) is 0 Å². The van der Waals surface area contributed by atoms with Crippen molar-refractivity contribution in [3.63, 3.8) is 0 Å². The number of ether oxygens (including phenoxy) is 2. The van der Waals surface area contributed by atoms with E-state index in [0.29, 0.717) is 5.56 Å². The van der Waals surface area contributed by atoms with E-state index in [4.69, 9.17) is 9.47 Å². The largest absolute Gasteiger partial charge is 0.394 e. The number of methoxy groups -OCH3 is 1. The summed E-state index contributed by atoms with van der Waals surface area (Å²) < 4.78 is 53.8. The number of aliphatic hydroxyl groups is 3. The summed E-state index contributed by atoms with van der Waals surface area (Å²) in [6.45, 7) is 1.12. The Bertz CT molecular complexity index is 1150. The Labute approximate surface area is 211 Å². The number of halogens is 3. The standard InChI is InChI=1S/C25H30F3N3O6/c1-13-3-6-18(17(27)7-13)30-21-15(4-5-16(26)20(21)28)23(34)31-11-25(35,12-31)10-29-22-19(33)8-14(9-32)37-24(22)36-2/h3-7,14,19,22,24,29-30,32-33,35H,8-12H2,1-2H3. The summed E-state index contributed by atoms with van der Waals surface area (Å²) in [7, 11) is 1.39. The summed E-state index contributed by atoms with van der Waals surface area (Å²) in [6.07, 6.45) is -2.18. The van der Waals surface area contributed by atoms with E-state index in [9.17, 15) is 33.3 Å². The Morgan fingerprint density at radius 1 is 1.22 bits per heavy atom. The minimum atomic E-state index is -1.36. The normalized spacial score (nSPS) is 25.0. The molecule has 0 saturated carbocycles. The van der Waals surface area contributed by atoms with Crippen LogP contribution < -0.4 is 10.6 Å². The quantitative estimate of drug-likeness (QED) is 0.351. The van der Waals surface area contributed by atoms with Gasteiger partial charge in [-0.25, -0.2) is 13.2 Å². The molecule has 2 aromatic carbocycles. The number of carbonyl (C=O) groups excluding carboxylic acids is 1. The third-order valence-electron chi connectivity index (χ3n) is 6.61. The number of benzene rings is 2. The fraction of sp³-hybridized carbons (Fsp3) is 0.480. The number of likely N-dealkylation sites (tertiary alicyclic amines) is 1. The molecule has 1 amide bonds. The number of aryl methyl sites for hydroxylation is 1. The first kappa shape index (κ1) is 27.3. The third kappa shape index (κ3) is 5.74. The molecule has 4 unspecified atom stereocenters. The van der Waals surface area contributed by atoms with Crippen molar-refractivity contribution in [1.29, 1.82) is 0 Å². The highest BCUT2D eigenvalue weighted by Crippen LogP contribution is 2.32. The second-order valence-electron chi connectivity index (χ2n) is 9.53. The summed E-state index contributed by atoms with van der Waals surface area (Å²) in [5.41, 5.74) is -1.59. The Hall–Kier alpha value is -2.74. The highest BCUT2D eigenvalue weighted by atomic mass is 19.2. The molecule has 4 rings (SSSR count). The molecule has 0 aromatic heterocycles. The Morgan fingerprint density at radius 3 is 2.59 bits per heavy atom. The van der Waals surface area contributed by atoms with E-state index in [-0.39, 0.29) is 43.9 Å². The highest BCUT2D eigenvalue weighted by molar-refractivity contribution is 6.01. The first-order valence-electron chi connectivity index (χ1n) is 11.8. The number of hydrogen-bond acceptors (Lipinski definition) is 8. The van der Waals surface area contributed by atoms with Gasteiger partial charge in [-0.3, -0.25) is 4.79 Å². The minimum Gasteiger partial charge on any atom is -0.394 e. The second kappa shape index (κ2) is 10.9. The SMILES string of the molecule is COC1OC(CO)CC(O)C1NCC1(O)CN(C(=O)c2ccc(F)c(F)c2Nc2ccc(C)cc2F)C1. The van der Waals surface area contributed by atoms with E-state index in [1.54, 1.807) is 13.0 Å². The molecule has 0 aliphatic carbocycles. The van der Waals surface area contributed by atoms with E-state index < -0.39 is 59.2 Å². The fourth-order valence-electron chi connectivity index (χ4n) is 4.58. The Kier molecular flexibility index (Phi) is 8.07. The van der Waals surface area contributed by atoms with Crippen molar-refractivity contribution < 1.29 is 42.8 Å². The van der Waals surface area contributed by atoms with Crippen molar-refractivity contribution in [1.82, 2.24) is 10.2 Å². The minimum absolute atomic E-state index is 0.0248. The van der Waals surface area contributed by atoms with E-state index in [0.717, 1.165) is 12.1 Å². The molecular weight excluding hydrogens is 495 g/mol. The molecular formula is C25H30F3N3O6. The van der Waals surface area contributed by atoms with Crippen LogP contribution in [0.1, 0.15) is 22.3 Å². The van der Waals surface area contributed by atoms with Crippen molar-refractivity contribution in [2.75, 3.05) is 38.7 Å². The summed E-state index contributed by atoms with van der Waals surface area (Å²) in [5.74, 6) is -3.91. The maximum Gasteiger partial charge on any atom is 0.256 e. The molecule has 2 fully saturated rings. The first-order valence-corrected chi connectivity index (χ1v) is 11.8. The van der Waals surface area contributed by atoms with Crippen LogP contribution in [0.4, 0.5) is 24.5 Å². The third-order valence-corrected chi connectivity index (χ3v) is 6.61. The average Bonchev–Trinajstić information content (AvgIpc) is 2.85. The maximum absolute atomic E-state index is 14.7. The van der Waals surface area contributed by atoms with Gasteiger partial charge < -0.3 is 40.3 Å². The van der Waals surface area contributed by atoms with Gasteiger partial charge in [0.1, 0.15) is 11.4 Å². The fourth-order valence-corrected chi connectivity index (χ4v) is 4.58. The van der Waals surface area contributed by atoms with Crippen LogP contribution >= 0.6 is 0 Å². The van der Waals surface area contributed by atoms with E-state index in [1.807, 2.05) is 0 Å². The number of β-amino-alcohol motifs (C(OH)–C–C–N with tert-alkyl or cyclic N) is 1. The summed E-state index contributed by atoms with van der Waals surface area (Å²) in [5, 5.41) is 36.0. The molecule has 9 nitrogen and oxygen atoms in total. The lowest BCUT2D eigenvalue weighted by atomic mass is 9.91. The Morgan fingerprint density at radius 2 is 1.95 bits per heavy atom. The number of nitrogens with zero attached hydrogens (tertiary/aromatic N) is 1. The lowest BCUT2D eigenvalue weighted by molar-refractivity contribution is -0.229. The molecule has 4 atom stereocenters. The molecule has 2 saturated heterocycles. The summed E-state index contributed by atoms with van der Waals surface area (Å²) >= 11 is 0. The van der Waals surface area contributed by atoms with Crippen molar-refractivity contribution in [2.24, 2.45) is 0 Å². The van der Waals surface area contributed by atoms with Crippen molar-refractivity contribution in [2.45, 2.75) is 43.5 Å². The number of nitrogens with one attached hydrogen (secondary N) is 2. The average molecular weight is 526 g/mol. The molecule has 2 aromatic rings. The molecule has 5 N–H and O–H groups in total. The molecule has 12 heteroatoms. The molecule has 0 radical (unpaired) electrons. The van der Waals surface area contributed by atoms with Gasteiger partial charge in [-0.15, -0.1) is 0 Å². The molecule has 0 bridgehead atoms. The van der Waals surface area contributed by atoms with E-state index in [1.165, 1.54) is 24.1 Å². The molecule has 2 heterocycles. The van der Waals surface area contributed by atoms with Gasteiger partial charge in [0.05, 0.1) is 54.9 Å². The number of anilines is 2. The van der Waals surface area contributed by atoms with Gasteiger partial charge in [0.15, 0.2) is 17.9 Å². The van der Waals surface area contributed by atoms with E-state index in [2.05, 4.69) is 10.6 Å². The van der Waals surface area contributed by atoms with Gasteiger partial charge in [-0.1, -0.05) is 6.07 Å². The predicted octanol–water partition coefficient (Wildman–Crippen LogP) is 1.42. The van der Waals surface area contributed by atoms with Crippen LogP contribution in [-0.4, -0.2) is 89.6 Å². The van der Waals surface area contributed by atoms with Gasteiger partial charge in [0, 0.05) is 20.1 Å².